The molecule has 1 aliphatic heterocycles. The van der Waals surface area contributed by atoms with Gasteiger partial charge in [-0.3, -0.25) is 0 Å². The molecule has 23 heavy (non-hydrogen) atoms. The lowest BCUT2D eigenvalue weighted by Crippen LogP contribution is -2.28. The van der Waals surface area contributed by atoms with Crippen LogP contribution in [0.15, 0.2) is 36.4 Å². The molecule has 7 heteroatoms. The van der Waals surface area contributed by atoms with Gasteiger partial charge in [0, 0.05) is 6.54 Å². The molecule has 1 aliphatic rings. The van der Waals surface area contributed by atoms with Gasteiger partial charge in [0.15, 0.2) is 5.75 Å². The number of halogens is 2. The van der Waals surface area contributed by atoms with Gasteiger partial charge in [-0.05, 0) is 93.6 Å². The second kappa shape index (κ2) is 7.12. The lowest BCUT2D eigenvalue weighted by molar-refractivity contribution is 0.247. The molecule has 0 radical (unpaired) electrons. The highest BCUT2D eigenvalue weighted by Crippen LogP contribution is 2.33. The van der Waals surface area contributed by atoms with E-state index in [-0.39, 0.29) is 17.8 Å². The Morgan fingerprint density at radius 3 is 2.39 bits per heavy atom. The van der Waals surface area contributed by atoms with Gasteiger partial charge in [-0.1, -0.05) is 0 Å². The molecule has 1 heterocycles. The summed E-state index contributed by atoms with van der Waals surface area (Å²) >= 11 is 4.51. The van der Waals surface area contributed by atoms with E-state index in [1.54, 1.807) is 24.3 Å². The third-order valence-corrected chi connectivity index (χ3v) is 5.04. The minimum atomic E-state index is -0.105. The average molecular weight is 536 g/mol. The number of ether oxygens (including phenoxy) is 1. The second-order valence-corrected chi connectivity index (χ2v) is 7.56. The van der Waals surface area contributed by atoms with Crippen molar-refractivity contribution in [3.63, 3.8) is 0 Å². The Morgan fingerprint density at radius 2 is 1.83 bits per heavy atom. The summed E-state index contributed by atoms with van der Waals surface area (Å²) in [5.41, 5.74) is 1.16. The van der Waals surface area contributed by atoms with E-state index in [1.807, 2.05) is 0 Å². The number of benzene rings is 2. The summed E-state index contributed by atoms with van der Waals surface area (Å²) in [6.07, 6.45) is 0.782. The Labute approximate surface area is 161 Å². The van der Waals surface area contributed by atoms with Crippen molar-refractivity contribution in [2.24, 2.45) is 0 Å². The van der Waals surface area contributed by atoms with Crippen LogP contribution < -0.4 is 15.4 Å². The molecule has 0 spiro atoms. The van der Waals surface area contributed by atoms with Crippen molar-refractivity contribution in [3.05, 3.63) is 49.1 Å². The summed E-state index contributed by atoms with van der Waals surface area (Å²) < 4.78 is 7.95. The van der Waals surface area contributed by atoms with Gasteiger partial charge in [-0.25, -0.2) is 4.79 Å². The van der Waals surface area contributed by atoms with E-state index in [0.29, 0.717) is 12.3 Å². The number of hydrogen-bond acceptors (Lipinski definition) is 3. The molecule has 2 aromatic rings. The molecule has 0 unspecified atom stereocenters. The summed E-state index contributed by atoms with van der Waals surface area (Å²) in [6, 6.07) is 10.8. The van der Waals surface area contributed by atoms with Crippen molar-refractivity contribution < 1.29 is 14.6 Å². The smallest absolute Gasteiger partial charge is 0.315 e. The van der Waals surface area contributed by atoms with Gasteiger partial charge < -0.3 is 20.5 Å². The lowest BCUT2D eigenvalue weighted by atomic mass is 10.1. The van der Waals surface area contributed by atoms with Gasteiger partial charge in [-0.2, -0.15) is 0 Å². The fourth-order valence-corrected chi connectivity index (χ4v) is 4.49. The molecule has 5 nitrogen and oxygen atoms in total. The van der Waals surface area contributed by atoms with Gasteiger partial charge in [0.1, 0.15) is 11.5 Å². The molecule has 0 bridgehead atoms. The van der Waals surface area contributed by atoms with Crippen molar-refractivity contribution in [1.82, 2.24) is 10.6 Å². The number of phenolic OH excluding ortho intramolecular Hbond substituents is 1. The van der Waals surface area contributed by atoms with Crippen LogP contribution in [0.5, 0.6) is 17.2 Å². The van der Waals surface area contributed by atoms with Crippen LogP contribution in [0.3, 0.4) is 0 Å². The molecule has 120 valence electrons. The number of carbonyl (C=O) groups excluding carboxylic acids is 1. The van der Waals surface area contributed by atoms with E-state index in [1.165, 1.54) is 0 Å². The van der Waals surface area contributed by atoms with Crippen LogP contribution in [0.1, 0.15) is 5.56 Å². The quantitative estimate of drug-likeness (QED) is 0.524. The van der Waals surface area contributed by atoms with Crippen LogP contribution in [-0.4, -0.2) is 23.7 Å². The number of carbonyl (C=O) groups is 1. The highest BCUT2D eigenvalue weighted by atomic mass is 127. The molecule has 2 aromatic carbocycles. The topological polar surface area (TPSA) is 70.6 Å². The summed E-state index contributed by atoms with van der Waals surface area (Å²) in [7, 11) is 0. The predicted octanol–water partition coefficient (Wildman–Crippen LogP) is 3.62. The van der Waals surface area contributed by atoms with Crippen molar-refractivity contribution in [3.8, 4) is 17.2 Å². The lowest BCUT2D eigenvalue weighted by Gasteiger charge is -2.14. The number of hydrogen-bond donors (Lipinski definition) is 3. The van der Waals surface area contributed by atoms with Crippen LogP contribution in [-0.2, 0) is 6.42 Å². The SMILES string of the molecule is O=C1NC[C@H](Cc2cc(I)c(Oc3ccc(O)cc3)c(I)c2)N1. The molecule has 0 aliphatic carbocycles. The van der Waals surface area contributed by atoms with E-state index >= 15 is 0 Å². The van der Waals surface area contributed by atoms with Crippen molar-refractivity contribution in [2.45, 2.75) is 12.5 Å². The van der Waals surface area contributed by atoms with Crippen LogP contribution in [0.25, 0.3) is 0 Å². The summed E-state index contributed by atoms with van der Waals surface area (Å²) in [5.74, 6) is 1.69. The van der Waals surface area contributed by atoms with Crippen LogP contribution in [0.2, 0.25) is 0 Å². The maximum atomic E-state index is 11.2. The Hall–Kier alpha value is -1.23. The minimum Gasteiger partial charge on any atom is -0.508 e. The summed E-state index contributed by atoms with van der Waals surface area (Å²) in [5, 5.41) is 15.0. The molecule has 1 atom stereocenters. The van der Waals surface area contributed by atoms with Crippen molar-refractivity contribution in [2.75, 3.05) is 6.54 Å². The Kier molecular flexibility index (Phi) is 5.14. The molecule has 1 saturated heterocycles. The zero-order chi connectivity index (χ0) is 16.4. The first-order valence-electron chi connectivity index (χ1n) is 7.00. The highest BCUT2D eigenvalue weighted by molar-refractivity contribution is 14.1. The van der Waals surface area contributed by atoms with Crippen molar-refractivity contribution >= 4 is 51.2 Å². The van der Waals surface area contributed by atoms with Gasteiger partial charge in [0.05, 0.1) is 13.2 Å². The summed E-state index contributed by atoms with van der Waals surface area (Å²) in [6.45, 7) is 0.651. The third kappa shape index (κ3) is 4.19. The van der Waals surface area contributed by atoms with Gasteiger partial charge in [0.25, 0.3) is 0 Å². The first-order chi connectivity index (χ1) is 11.0. The Bertz CT molecular complexity index is 712. The molecule has 1 fully saturated rings. The van der Waals surface area contributed by atoms with Gasteiger partial charge in [-0.15, -0.1) is 0 Å². The molecular formula is C16H14I2N2O3. The Morgan fingerprint density at radius 1 is 1.17 bits per heavy atom. The number of rotatable bonds is 4. The third-order valence-electron chi connectivity index (χ3n) is 3.44. The monoisotopic (exact) mass is 536 g/mol. The fraction of sp³-hybridized carbons (Fsp3) is 0.188. The van der Waals surface area contributed by atoms with E-state index in [4.69, 9.17) is 4.74 Å². The average Bonchev–Trinajstić information content (AvgIpc) is 2.90. The second-order valence-electron chi connectivity index (χ2n) is 5.24. The van der Waals surface area contributed by atoms with E-state index in [2.05, 4.69) is 67.9 Å². The van der Waals surface area contributed by atoms with E-state index < -0.39 is 0 Å². The van der Waals surface area contributed by atoms with Crippen LogP contribution >= 0.6 is 45.2 Å². The van der Waals surface area contributed by atoms with Gasteiger partial charge in [0.2, 0.25) is 0 Å². The number of nitrogens with one attached hydrogen (secondary N) is 2. The van der Waals surface area contributed by atoms with E-state index in [9.17, 15) is 9.90 Å². The number of urea groups is 1. The normalized spacial score (nSPS) is 16.8. The minimum absolute atomic E-state index is 0.105. The largest absolute Gasteiger partial charge is 0.508 e. The molecule has 3 N–H and O–H groups in total. The van der Waals surface area contributed by atoms with Crippen molar-refractivity contribution in [1.29, 1.82) is 0 Å². The maximum Gasteiger partial charge on any atom is 0.315 e. The zero-order valence-electron chi connectivity index (χ0n) is 12.0. The molecule has 0 saturated carbocycles. The van der Waals surface area contributed by atoms with Gasteiger partial charge >= 0.3 is 6.03 Å². The molecule has 3 rings (SSSR count). The molecule has 0 aromatic heterocycles. The standard InChI is InChI=1S/C16H14I2N2O3/c17-13-6-9(5-10-8-19-16(22)20-10)7-14(18)15(13)23-12-3-1-11(21)2-4-12/h1-4,6-7,10,21H,5,8H2,(H2,19,20,22)/t10-/m0/s1. The number of phenols is 1. The first-order valence-corrected chi connectivity index (χ1v) is 9.16. The van der Waals surface area contributed by atoms with E-state index in [0.717, 1.165) is 24.9 Å². The molecular weight excluding hydrogens is 522 g/mol. The Balaban J connectivity index is 1.77. The highest BCUT2D eigenvalue weighted by Gasteiger charge is 2.21. The summed E-state index contributed by atoms with van der Waals surface area (Å²) in [4.78, 5) is 11.2. The fourth-order valence-electron chi connectivity index (χ4n) is 2.37. The number of amides is 2. The van der Waals surface area contributed by atoms with Crippen LogP contribution in [0.4, 0.5) is 4.79 Å². The zero-order valence-corrected chi connectivity index (χ0v) is 16.3. The predicted molar refractivity (Wildman–Crippen MR) is 104 cm³/mol. The molecule has 2 amide bonds. The first kappa shape index (κ1) is 16.6. The number of aromatic hydroxyl groups is 1. The maximum absolute atomic E-state index is 11.2. The van der Waals surface area contributed by atoms with Crippen LogP contribution in [0, 0.1) is 7.14 Å².